The van der Waals surface area contributed by atoms with Gasteiger partial charge in [0.25, 0.3) is 0 Å². The third kappa shape index (κ3) is 4.02. The van der Waals surface area contributed by atoms with Crippen LogP contribution in [0.5, 0.6) is 0 Å². The Hall–Kier alpha value is -1.06. The normalized spacial score (nSPS) is 19.9. The number of carbonyl (C=O) groups is 1. The maximum absolute atomic E-state index is 11.8. The van der Waals surface area contributed by atoms with E-state index in [9.17, 15) is 4.79 Å². The molecule has 0 radical (unpaired) electrons. The SMILES string of the molecule is O=C(CC1CCCCN1)Nc1cccc(Cl)c1. The van der Waals surface area contributed by atoms with Crippen molar-refractivity contribution in [2.45, 2.75) is 31.7 Å². The summed E-state index contributed by atoms with van der Waals surface area (Å²) < 4.78 is 0. The minimum Gasteiger partial charge on any atom is -0.326 e. The van der Waals surface area contributed by atoms with E-state index >= 15 is 0 Å². The zero-order valence-corrected chi connectivity index (χ0v) is 10.5. The number of hydrogen-bond acceptors (Lipinski definition) is 2. The van der Waals surface area contributed by atoms with Crippen LogP contribution in [0.25, 0.3) is 0 Å². The number of piperidine rings is 1. The van der Waals surface area contributed by atoms with Gasteiger partial charge in [0.05, 0.1) is 0 Å². The maximum atomic E-state index is 11.8. The van der Waals surface area contributed by atoms with Gasteiger partial charge in [-0.1, -0.05) is 24.1 Å². The number of nitrogens with one attached hydrogen (secondary N) is 2. The summed E-state index contributed by atoms with van der Waals surface area (Å²) in [7, 11) is 0. The summed E-state index contributed by atoms with van der Waals surface area (Å²) in [5.74, 6) is 0.0478. The monoisotopic (exact) mass is 252 g/mol. The van der Waals surface area contributed by atoms with E-state index in [1.165, 1.54) is 12.8 Å². The van der Waals surface area contributed by atoms with Crippen LogP contribution in [-0.4, -0.2) is 18.5 Å². The van der Waals surface area contributed by atoms with E-state index in [0.717, 1.165) is 18.7 Å². The predicted molar refractivity (Wildman–Crippen MR) is 70.3 cm³/mol. The molecule has 1 unspecified atom stereocenters. The van der Waals surface area contributed by atoms with Gasteiger partial charge >= 0.3 is 0 Å². The first-order valence-corrected chi connectivity index (χ1v) is 6.40. The Morgan fingerprint density at radius 3 is 3.06 bits per heavy atom. The number of rotatable bonds is 3. The number of anilines is 1. The highest BCUT2D eigenvalue weighted by atomic mass is 35.5. The first kappa shape index (κ1) is 12.4. The molecular weight excluding hydrogens is 236 g/mol. The molecule has 0 aromatic heterocycles. The topological polar surface area (TPSA) is 41.1 Å². The molecular formula is C13H17ClN2O. The summed E-state index contributed by atoms with van der Waals surface area (Å²) in [5, 5.41) is 6.86. The van der Waals surface area contributed by atoms with Gasteiger partial charge in [-0.25, -0.2) is 0 Å². The molecule has 1 aromatic carbocycles. The molecule has 17 heavy (non-hydrogen) atoms. The van der Waals surface area contributed by atoms with Gasteiger partial charge in [-0.3, -0.25) is 4.79 Å². The smallest absolute Gasteiger partial charge is 0.225 e. The average Bonchev–Trinajstić information content (AvgIpc) is 2.30. The first-order valence-electron chi connectivity index (χ1n) is 6.03. The Balaban J connectivity index is 1.84. The number of hydrogen-bond donors (Lipinski definition) is 2. The Kier molecular flexibility index (Phi) is 4.40. The van der Waals surface area contributed by atoms with E-state index in [2.05, 4.69) is 10.6 Å². The lowest BCUT2D eigenvalue weighted by molar-refractivity contribution is -0.116. The second kappa shape index (κ2) is 6.03. The third-order valence-corrected chi connectivity index (χ3v) is 3.19. The molecule has 1 aliphatic heterocycles. The number of halogens is 1. The van der Waals surface area contributed by atoms with Gasteiger partial charge in [-0.15, -0.1) is 0 Å². The fourth-order valence-electron chi connectivity index (χ4n) is 2.10. The molecule has 1 heterocycles. The van der Waals surface area contributed by atoms with Crippen molar-refractivity contribution in [3.8, 4) is 0 Å². The van der Waals surface area contributed by atoms with Crippen LogP contribution in [0.2, 0.25) is 5.02 Å². The van der Waals surface area contributed by atoms with Crippen LogP contribution in [-0.2, 0) is 4.79 Å². The molecule has 0 bridgehead atoms. The van der Waals surface area contributed by atoms with Gasteiger partial charge < -0.3 is 10.6 Å². The molecule has 1 fully saturated rings. The van der Waals surface area contributed by atoms with Crippen LogP contribution in [0.3, 0.4) is 0 Å². The summed E-state index contributed by atoms with van der Waals surface area (Å²) >= 11 is 5.86. The first-order chi connectivity index (χ1) is 8.24. The van der Waals surface area contributed by atoms with Crippen molar-refractivity contribution in [2.75, 3.05) is 11.9 Å². The van der Waals surface area contributed by atoms with Crippen molar-refractivity contribution in [1.82, 2.24) is 5.32 Å². The highest BCUT2D eigenvalue weighted by Crippen LogP contribution is 2.16. The van der Waals surface area contributed by atoms with Crippen molar-refractivity contribution in [3.63, 3.8) is 0 Å². The van der Waals surface area contributed by atoms with Crippen molar-refractivity contribution < 1.29 is 4.79 Å². The van der Waals surface area contributed by atoms with Gasteiger partial charge in [0.2, 0.25) is 5.91 Å². The van der Waals surface area contributed by atoms with Gasteiger partial charge in [0.1, 0.15) is 0 Å². The van der Waals surface area contributed by atoms with Gasteiger partial charge in [-0.2, -0.15) is 0 Å². The van der Waals surface area contributed by atoms with E-state index < -0.39 is 0 Å². The molecule has 0 spiro atoms. The molecule has 4 heteroatoms. The summed E-state index contributed by atoms with van der Waals surface area (Å²) in [6, 6.07) is 7.55. The number of benzene rings is 1. The highest BCUT2D eigenvalue weighted by Gasteiger charge is 2.16. The Bertz CT molecular complexity index is 389. The Morgan fingerprint density at radius 2 is 2.35 bits per heavy atom. The zero-order chi connectivity index (χ0) is 12.1. The van der Waals surface area contributed by atoms with Gasteiger partial charge in [0.15, 0.2) is 0 Å². The average molecular weight is 253 g/mol. The molecule has 2 N–H and O–H groups in total. The van der Waals surface area contributed by atoms with E-state index in [4.69, 9.17) is 11.6 Å². The number of carbonyl (C=O) groups excluding carboxylic acids is 1. The lowest BCUT2D eigenvalue weighted by Crippen LogP contribution is -2.36. The largest absolute Gasteiger partial charge is 0.326 e. The highest BCUT2D eigenvalue weighted by molar-refractivity contribution is 6.30. The molecule has 1 aliphatic rings. The lowest BCUT2D eigenvalue weighted by Gasteiger charge is -2.22. The quantitative estimate of drug-likeness (QED) is 0.869. The van der Waals surface area contributed by atoms with Crippen molar-refractivity contribution >= 4 is 23.2 Å². The molecule has 0 aliphatic carbocycles. The lowest BCUT2D eigenvalue weighted by atomic mass is 10.0. The van der Waals surface area contributed by atoms with Crippen LogP contribution < -0.4 is 10.6 Å². The molecule has 1 aromatic rings. The molecule has 2 rings (SSSR count). The number of amides is 1. The Morgan fingerprint density at radius 1 is 1.47 bits per heavy atom. The summed E-state index contributed by atoms with van der Waals surface area (Å²) in [6.45, 7) is 1.02. The predicted octanol–water partition coefficient (Wildman–Crippen LogP) is 2.81. The van der Waals surface area contributed by atoms with E-state index in [-0.39, 0.29) is 5.91 Å². The second-order valence-electron chi connectivity index (χ2n) is 4.41. The standard InChI is InChI=1S/C13H17ClN2O/c14-10-4-3-6-12(8-10)16-13(17)9-11-5-1-2-7-15-11/h3-4,6,8,11,15H,1-2,5,7,9H2,(H,16,17). The minimum absolute atomic E-state index is 0.0478. The van der Waals surface area contributed by atoms with E-state index in [1.54, 1.807) is 12.1 Å². The van der Waals surface area contributed by atoms with Crippen LogP contribution in [0.4, 0.5) is 5.69 Å². The van der Waals surface area contributed by atoms with E-state index in [1.807, 2.05) is 12.1 Å². The molecule has 0 saturated carbocycles. The fourth-order valence-corrected chi connectivity index (χ4v) is 2.29. The molecule has 1 saturated heterocycles. The van der Waals surface area contributed by atoms with Crippen molar-refractivity contribution in [3.05, 3.63) is 29.3 Å². The van der Waals surface area contributed by atoms with Crippen LogP contribution in [0.1, 0.15) is 25.7 Å². The van der Waals surface area contributed by atoms with Gasteiger partial charge in [-0.05, 0) is 37.6 Å². The molecule has 1 amide bonds. The van der Waals surface area contributed by atoms with Gasteiger partial charge in [0, 0.05) is 23.2 Å². The molecule has 1 atom stereocenters. The summed E-state index contributed by atoms with van der Waals surface area (Å²) in [5.41, 5.74) is 0.762. The van der Waals surface area contributed by atoms with Crippen molar-refractivity contribution in [2.24, 2.45) is 0 Å². The zero-order valence-electron chi connectivity index (χ0n) is 9.71. The van der Waals surface area contributed by atoms with Crippen LogP contribution in [0, 0.1) is 0 Å². The summed E-state index contributed by atoms with van der Waals surface area (Å²) in [6.07, 6.45) is 4.05. The summed E-state index contributed by atoms with van der Waals surface area (Å²) in [4.78, 5) is 11.8. The minimum atomic E-state index is 0.0478. The second-order valence-corrected chi connectivity index (χ2v) is 4.85. The van der Waals surface area contributed by atoms with Crippen molar-refractivity contribution in [1.29, 1.82) is 0 Å². The fraction of sp³-hybridized carbons (Fsp3) is 0.462. The molecule has 3 nitrogen and oxygen atoms in total. The Labute approximate surface area is 107 Å². The van der Waals surface area contributed by atoms with Crippen LogP contribution in [0.15, 0.2) is 24.3 Å². The maximum Gasteiger partial charge on any atom is 0.225 e. The third-order valence-electron chi connectivity index (χ3n) is 2.95. The van der Waals surface area contributed by atoms with Crippen LogP contribution >= 0.6 is 11.6 Å². The molecule has 92 valence electrons. The van der Waals surface area contributed by atoms with E-state index in [0.29, 0.717) is 17.5 Å².